The molecule has 24 heavy (non-hydrogen) atoms. The van der Waals surface area contributed by atoms with Crippen molar-refractivity contribution in [1.29, 1.82) is 0 Å². The molecular weight excluding hydrogens is 330 g/mol. The third-order valence-corrected chi connectivity index (χ3v) is 3.89. The van der Waals surface area contributed by atoms with E-state index in [1.165, 1.54) is 18.2 Å². The maximum absolute atomic E-state index is 12.0. The Labute approximate surface area is 145 Å². The molecule has 2 N–H and O–H groups in total. The number of hydrogen-bond acceptors (Lipinski definition) is 4. The number of amides is 1. The Bertz CT molecular complexity index is 747. The van der Waals surface area contributed by atoms with E-state index in [4.69, 9.17) is 11.6 Å². The molecule has 1 amide bonds. The number of carbonyl (C=O) groups excluding carboxylic acids is 1. The van der Waals surface area contributed by atoms with Crippen molar-refractivity contribution < 1.29 is 9.72 Å². The molecule has 0 spiro atoms. The second-order valence-corrected chi connectivity index (χ2v) is 5.90. The van der Waals surface area contributed by atoms with Crippen molar-refractivity contribution in [2.75, 3.05) is 11.9 Å². The average molecular weight is 348 g/mol. The molecule has 0 bridgehead atoms. The molecule has 1 atom stereocenters. The normalized spacial score (nSPS) is 11.8. The molecule has 0 aliphatic rings. The average Bonchev–Trinajstić information content (AvgIpc) is 2.55. The smallest absolute Gasteiger partial charge is 0.269 e. The van der Waals surface area contributed by atoms with Gasteiger partial charge in [0.1, 0.15) is 0 Å². The molecule has 0 aromatic heterocycles. The first kappa shape index (κ1) is 17.9. The van der Waals surface area contributed by atoms with Crippen LogP contribution in [-0.2, 0) is 4.79 Å². The SMILES string of the molecule is Cc1cc([N+](=O)[O-])ccc1NC(=O)CNC(C)c1ccc(Cl)cc1. The number of benzene rings is 2. The summed E-state index contributed by atoms with van der Waals surface area (Å²) in [5.41, 5.74) is 2.23. The number of carbonyl (C=O) groups is 1. The van der Waals surface area contributed by atoms with Gasteiger partial charge in [-0.05, 0) is 43.2 Å². The predicted octanol–water partition coefficient (Wildman–Crippen LogP) is 3.85. The van der Waals surface area contributed by atoms with Crippen LogP contribution < -0.4 is 10.6 Å². The Balaban J connectivity index is 1.91. The number of rotatable bonds is 6. The first-order valence-corrected chi connectivity index (χ1v) is 7.78. The largest absolute Gasteiger partial charge is 0.325 e. The highest BCUT2D eigenvalue weighted by molar-refractivity contribution is 6.30. The molecular formula is C17H18ClN3O3. The summed E-state index contributed by atoms with van der Waals surface area (Å²) in [4.78, 5) is 22.3. The van der Waals surface area contributed by atoms with Crippen LogP contribution >= 0.6 is 11.6 Å². The van der Waals surface area contributed by atoms with Gasteiger partial charge in [-0.3, -0.25) is 14.9 Å². The second kappa shape index (κ2) is 7.90. The quantitative estimate of drug-likeness (QED) is 0.614. The summed E-state index contributed by atoms with van der Waals surface area (Å²) >= 11 is 5.85. The molecule has 126 valence electrons. The summed E-state index contributed by atoms with van der Waals surface area (Å²) in [5, 5.41) is 17.3. The summed E-state index contributed by atoms with van der Waals surface area (Å²) < 4.78 is 0. The summed E-state index contributed by atoms with van der Waals surface area (Å²) in [7, 11) is 0. The molecule has 2 aromatic rings. The van der Waals surface area contributed by atoms with Gasteiger partial charge in [0.25, 0.3) is 5.69 Å². The van der Waals surface area contributed by atoms with Gasteiger partial charge in [-0.15, -0.1) is 0 Å². The van der Waals surface area contributed by atoms with Crippen molar-refractivity contribution in [2.24, 2.45) is 0 Å². The Hall–Kier alpha value is -2.44. The van der Waals surface area contributed by atoms with Crippen molar-refractivity contribution in [1.82, 2.24) is 5.32 Å². The zero-order chi connectivity index (χ0) is 17.7. The Morgan fingerprint density at radius 2 is 1.92 bits per heavy atom. The lowest BCUT2D eigenvalue weighted by Crippen LogP contribution is -2.30. The highest BCUT2D eigenvalue weighted by atomic mass is 35.5. The van der Waals surface area contributed by atoms with Crippen LogP contribution in [0.5, 0.6) is 0 Å². The van der Waals surface area contributed by atoms with Crippen LogP contribution in [0.25, 0.3) is 0 Å². The number of anilines is 1. The van der Waals surface area contributed by atoms with E-state index < -0.39 is 4.92 Å². The van der Waals surface area contributed by atoms with Crippen LogP contribution in [0, 0.1) is 17.0 Å². The Kier molecular flexibility index (Phi) is 5.89. The molecule has 1 unspecified atom stereocenters. The third-order valence-electron chi connectivity index (χ3n) is 3.63. The highest BCUT2D eigenvalue weighted by Crippen LogP contribution is 2.21. The molecule has 0 radical (unpaired) electrons. The fraction of sp³-hybridized carbons (Fsp3) is 0.235. The van der Waals surface area contributed by atoms with E-state index in [2.05, 4.69) is 10.6 Å². The fourth-order valence-corrected chi connectivity index (χ4v) is 2.34. The van der Waals surface area contributed by atoms with Crippen molar-refractivity contribution in [3.05, 3.63) is 68.7 Å². The summed E-state index contributed by atoms with van der Waals surface area (Å²) in [5.74, 6) is -0.215. The van der Waals surface area contributed by atoms with E-state index in [0.717, 1.165) is 5.56 Å². The molecule has 0 aliphatic carbocycles. The summed E-state index contributed by atoms with van der Waals surface area (Å²) in [6, 6.07) is 11.7. The van der Waals surface area contributed by atoms with Crippen LogP contribution in [0.2, 0.25) is 5.02 Å². The van der Waals surface area contributed by atoms with E-state index in [-0.39, 0.29) is 24.2 Å². The number of nitro groups is 1. The standard InChI is InChI=1S/C17H18ClN3O3/c1-11-9-15(21(23)24)7-8-16(11)20-17(22)10-19-12(2)13-3-5-14(18)6-4-13/h3-9,12,19H,10H2,1-2H3,(H,20,22). The molecule has 0 saturated heterocycles. The van der Waals surface area contributed by atoms with Gasteiger partial charge in [-0.2, -0.15) is 0 Å². The van der Waals surface area contributed by atoms with Crippen molar-refractivity contribution in [2.45, 2.75) is 19.9 Å². The van der Waals surface area contributed by atoms with Gasteiger partial charge >= 0.3 is 0 Å². The van der Waals surface area contributed by atoms with E-state index in [0.29, 0.717) is 16.3 Å². The molecule has 0 saturated carbocycles. The van der Waals surface area contributed by atoms with Crippen LogP contribution in [0.15, 0.2) is 42.5 Å². The maximum Gasteiger partial charge on any atom is 0.269 e. The minimum absolute atomic E-state index is 0.0000143. The van der Waals surface area contributed by atoms with Gasteiger partial charge in [0.05, 0.1) is 11.5 Å². The van der Waals surface area contributed by atoms with Gasteiger partial charge < -0.3 is 10.6 Å². The van der Waals surface area contributed by atoms with Crippen LogP contribution in [0.3, 0.4) is 0 Å². The molecule has 2 aromatic carbocycles. The lowest BCUT2D eigenvalue weighted by molar-refractivity contribution is -0.384. The monoisotopic (exact) mass is 347 g/mol. The molecule has 0 fully saturated rings. The third kappa shape index (κ3) is 4.78. The lowest BCUT2D eigenvalue weighted by Gasteiger charge is -2.15. The van der Waals surface area contributed by atoms with Gasteiger partial charge in [0.15, 0.2) is 0 Å². The minimum atomic E-state index is -0.464. The maximum atomic E-state index is 12.0. The Morgan fingerprint density at radius 1 is 1.25 bits per heavy atom. The molecule has 2 rings (SSSR count). The fourth-order valence-electron chi connectivity index (χ4n) is 2.21. The van der Waals surface area contributed by atoms with Crippen LogP contribution in [-0.4, -0.2) is 17.4 Å². The molecule has 0 heterocycles. The number of halogens is 1. The molecule has 7 heteroatoms. The number of nitrogens with zero attached hydrogens (tertiary/aromatic N) is 1. The van der Waals surface area contributed by atoms with Crippen molar-refractivity contribution in [3.8, 4) is 0 Å². The summed E-state index contributed by atoms with van der Waals surface area (Å²) in [6.45, 7) is 3.79. The van der Waals surface area contributed by atoms with E-state index >= 15 is 0 Å². The predicted molar refractivity (Wildman–Crippen MR) is 94.3 cm³/mol. The lowest BCUT2D eigenvalue weighted by atomic mass is 10.1. The van der Waals surface area contributed by atoms with Crippen LogP contribution in [0.4, 0.5) is 11.4 Å². The second-order valence-electron chi connectivity index (χ2n) is 5.46. The molecule has 6 nitrogen and oxygen atoms in total. The zero-order valence-corrected chi connectivity index (χ0v) is 14.1. The first-order chi connectivity index (χ1) is 11.4. The van der Waals surface area contributed by atoms with Crippen molar-refractivity contribution in [3.63, 3.8) is 0 Å². The number of hydrogen-bond donors (Lipinski definition) is 2. The van der Waals surface area contributed by atoms with E-state index in [1.54, 1.807) is 19.1 Å². The number of aryl methyl sites for hydroxylation is 1. The number of non-ortho nitro benzene ring substituents is 1. The highest BCUT2D eigenvalue weighted by Gasteiger charge is 2.11. The van der Waals surface area contributed by atoms with E-state index in [9.17, 15) is 14.9 Å². The van der Waals surface area contributed by atoms with Gasteiger partial charge in [-0.1, -0.05) is 23.7 Å². The number of nitro benzene ring substituents is 1. The van der Waals surface area contributed by atoms with Crippen LogP contribution in [0.1, 0.15) is 24.1 Å². The van der Waals surface area contributed by atoms with E-state index in [1.807, 2.05) is 19.1 Å². The first-order valence-electron chi connectivity index (χ1n) is 7.40. The summed E-state index contributed by atoms with van der Waals surface area (Å²) in [6.07, 6.45) is 0. The van der Waals surface area contributed by atoms with Gasteiger partial charge in [0, 0.05) is 28.9 Å². The van der Waals surface area contributed by atoms with Crippen molar-refractivity contribution >= 4 is 28.9 Å². The molecule has 0 aliphatic heterocycles. The minimum Gasteiger partial charge on any atom is -0.325 e. The number of nitrogens with one attached hydrogen (secondary N) is 2. The zero-order valence-electron chi connectivity index (χ0n) is 13.4. The topological polar surface area (TPSA) is 84.3 Å². The van der Waals surface area contributed by atoms with Gasteiger partial charge in [-0.25, -0.2) is 0 Å². The Morgan fingerprint density at radius 3 is 2.50 bits per heavy atom. The van der Waals surface area contributed by atoms with Gasteiger partial charge in [0.2, 0.25) is 5.91 Å².